The molecule has 5 rings (SSSR count). The van der Waals surface area contributed by atoms with Crippen molar-refractivity contribution in [1.82, 2.24) is 10.2 Å². The molecule has 1 saturated carbocycles. The lowest BCUT2D eigenvalue weighted by Gasteiger charge is -2.26. The number of benzene rings is 1. The van der Waals surface area contributed by atoms with E-state index in [1.165, 1.54) is 17.9 Å². The standard InChI is InChI=1S/C24H27FN4O4S/c1-14(30)26-10-16-11-29(24(32)33-16)15-5-6-21(20(25)8-15)28-12-18-19(13-28)23(18)27(2)22(31)9-17-4-3-7-34-17/h3-8,16,18-19,23H,9-13H2,1-2H3,(H,26,30)/t16-,18-,19+,23?/m0/s1. The molecule has 0 bridgehead atoms. The molecule has 0 radical (unpaired) electrons. The van der Waals surface area contributed by atoms with Crippen molar-refractivity contribution in [3.05, 3.63) is 46.4 Å². The minimum absolute atomic E-state index is 0.123. The lowest BCUT2D eigenvalue weighted by Crippen LogP contribution is -2.37. The predicted molar refractivity (Wildman–Crippen MR) is 126 cm³/mol. The second kappa shape index (κ2) is 8.90. The largest absolute Gasteiger partial charge is 0.442 e. The zero-order valence-electron chi connectivity index (χ0n) is 19.1. The van der Waals surface area contributed by atoms with E-state index in [0.717, 1.165) is 4.88 Å². The second-order valence-electron chi connectivity index (χ2n) is 9.17. The summed E-state index contributed by atoms with van der Waals surface area (Å²) >= 11 is 1.59. The maximum Gasteiger partial charge on any atom is 0.414 e. The highest BCUT2D eigenvalue weighted by molar-refractivity contribution is 7.10. The van der Waals surface area contributed by atoms with Gasteiger partial charge in [0.15, 0.2) is 0 Å². The minimum Gasteiger partial charge on any atom is -0.442 e. The summed E-state index contributed by atoms with van der Waals surface area (Å²) < 4.78 is 20.3. The fourth-order valence-electron chi connectivity index (χ4n) is 5.14. The number of carbonyl (C=O) groups is 3. The molecule has 4 atom stereocenters. The number of amides is 3. The second-order valence-corrected chi connectivity index (χ2v) is 10.2. The van der Waals surface area contributed by atoms with Crippen LogP contribution in [0.15, 0.2) is 35.7 Å². The Hall–Kier alpha value is -3.14. The first-order valence-corrected chi connectivity index (χ1v) is 12.2. The van der Waals surface area contributed by atoms with E-state index in [9.17, 15) is 14.4 Å². The molecule has 2 saturated heterocycles. The van der Waals surface area contributed by atoms with Gasteiger partial charge in [-0.2, -0.15) is 0 Å². The number of thiophene rings is 1. The van der Waals surface area contributed by atoms with Crippen molar-refractivity contribution < 1.29 is 23.5 Å². The molecular formula is C24H27FN4O4S. The number of nitrogens with zero attached hydrogens (tertiary/aromatic N) is 3. The lowest BCUT2D eigenvalue weighted by atomic mass is 10.2. The average Bonchev–Trinajstić information content (AvgIpc) is 3.24. The predicted octanol–water partition coefficient (Wildman–Crippen LogP) is 2.48. The van der Waals surface area contributed by atoms with Crippen LogP contribution in [-0.2, 0) is 20.7 Å². The van der Waals surface area contributed by atoms with Crippen molar-refractivity contribution >= 4 is 40.6 Å². The van der Waals surface area contributed by atoms with Crippen molar-refractivity contribution in [2.24, 2.45) is 11.8 Å². The molecule has 2 aliphatic heterocycles. The van der Waals surface area contributed by atoms with Gasteiger partial charge >= 0.3 is 6.09 Å². The highest BCUT2D eigenvalue weighted by Crippen LogP contribution is 2.50. The highest BCUT2D eigenvalue weighted by Gasteiger charge is 2.58. The normalized spacial score (nSPS) is 25.2. The first-order valence-electron chi connectivity index (χ1n) is 11.4. The van der Waals surface area contributed by atoms with E-state index in [-0.39, 0.29) is 30.9 Å². The van der Waals surface area contributed by atoms with Gasteiger partial charge in [-0.1, -0.05) is 6.07 Å². The van der Waals surface area contributed by atoms with Gasteiger partial charge in [0, 0.05) is 49.8 Å². The summed E-state index contributed by atoms with van der Waals surface area (Å²) in [4.78, 5) is 42.2. The van der Waals surface area contributed by atoms with Crippen LogP contribution in [0.2, 0.25) is 0 Å². The Labute approximate surface area is 201 Å². The maximum absolute atomic E-state index is 15.0. The van der Waals surface area contributed by atoms with Gasteiger partial charge in [0.1, 0.15) is 11.9 Å². The van der Waals surface area contributed by atoms with Crippen molar-refractivity contribution in [2.75, 3.05) is 43.0 Å². The molecule has 34 heavy (non-hydrogen) atoms. The Kier molecular flexibility index (Phi) is 5.93. The van der Waals surface area contributed by atoms with Crippen molar-refractivity contribution in [1.29, 1.82) is 0 Å². The smallest absolute Gasteiger partial charge is 0.414 e. The molecule has 3 heterocycles. The third-order valence-electron chi connectivity index (χ3n) is 6.93. The summed E-state index contributed by atoms with van der Waals surface area (Å²) in [5.41, 5.74) is 0.933. The van der Waals surface area contributed by atoms with Crippen LogP contribution in [0.3, 0.4) is 0 Å². The summed E-state index contributed by atoms with van der Waals surface area (Å²) in [6.45, 7) is 3.27. The number of ether oxygens (including phenoxy) is 1. The molecule has 1 unspecified atom stereocenters. The zero-order chi connectivity index (χ0) is 24.0. The topological polar surface area (TPSA) is 82.2 Å². The van der Waals surface area contributed by atoms with Crippen molar-refractivity contribution in [3.63, 3.8) is 0 Å². The quantitative estimate of drug-likeness (QED) is 0.650. The third-order valence-corrected chi connectivity index (χ3v) is 7.81. The number of nitrogens with one attached hydrogen (secondary N) is 1. The maximum atomic E-state index is 15.0. The number of cyclic esters (lactones) is 1. The van der Waals surface area contributed by atoms with Crippen molar-refractivity contribution in [3.8, 4) is 0 Å². The molecule has 8 nitrogen and oxygen atoms in total. The van der Waals surface area contributed by atoms with Gasteiger partial charge < -0.3 is 19.9 Å². The first kappa shape index (κ1) is 22.6. The van der Waals surface area contributed by atoms with E-state index in [4.69, 9.17) is 4.74 Å². The Morgan fingerprint density at radius 1 is 1.24 bits per heavy atom. The van der Waals surface area contributed by atoms with E-state index in [2.05, 4.69) is 5.32 Å². The number of hydrogen-bond acceptors (Lipinski definition) is 6. The Bertz CT molecular complexity index is 1100. The van der Waals surface area contributed by atoms with Gasteiger partial charge in [-0.25, -0.2) is 9.18 Å². The molecule has 180 valence electrons. The molecule has 1 N–H and O–H groups in total. The van der Waals surface area contributed by atoms with Gasteiger partial charge in [-0.15, -0.1) is 11.3 Å². The summed E-state index contributed by atoms with van der Waals surface area (Å²) in [7, 11) is 1.87. The number of likely N-dealkylation sites (N-methyl/N-ethyl adjacent to an activating group) is 1. The number of anilines is 2. The van der Waals surface area contributed by atoms with Gasteiger partial charge in [0.2, 0.25) is 11.8 Å². The third kappa shape index (κ3) is 4.34. The van der Waals surface area contributed by atoms with Crippen LogP contribution < -0.4 is 15.1 Å². The minimum atomic E-state index is -0.553. The monoisotopic (exact) mass is 486 g/mol. The Morgan fingerprint density at radius 2 is 2.00 bits per heavy atom. The van der Waals surface area contributed by atoms with Gasteiger partial charge in [0.05, 0.1) is 30.9 Å². The molecule has 0 spiro atoms. The SMILES string of the molecule is CC(=O)NC[C@H]1CN(c2ccc(N3C[C@@H]4C(N(C)C(=O)Cc5cccs5)[C@@H]4C3)c(F)c2)C(=O)O1. The van der Waals surface area contributed by atoms with Crippen LogP contribution in [0.1, 0.15) is 11.8 Å². The van der Waals surface area contributed by atoms with E-state index < -0.39 is 18.0 Å². The van der Waals surface area contributed by atoms with Gasteiger partial charge in [-0.3, -0.25) is 14.5 Å². The molecule has 3 amide bonds. The van der Waals surface area contributed by atoms with Crippen LogP contribution in [-0.4, -0.2) is 68.2 Å². The summed E-state index contributed by atoms with van der Waals surface area (Å²) in [6, 6.07) is 8.92. The summed E-state index contributed by atoms with van der Waals surface area (Å²) in [5.74, 6) is 0.224. The molecule has 10 heteroatoms. The number of halogens is 1. The van der Waals surface area contributed by atoms with Crippen LogP contribution in [0.4, 0.5) is 20.6 Å². The number of rotatable bonds is 7. The fraction of sp³-hybridized carbons (Fsp3) is 0.458. The van der Waals surface area contributed by atoms with E-state index in [0.29, 0.717) is 42.7 Å². The summed E-state index contributed by atoms with van der Waals surface area (Å²) in [6.07, 6.45) is -0.599. The Morgan fingerprint density at radius 3 is 2.65 bits per heavy atom. The zero-order valence-corrected chi connectivity index (χ0v) is 19.9. The number of piperidine rings is 1. The van der Waals surface area contributed by atoms with Crippen LogP contribution in [0.25, 0.3) is 0 Å². The molecule has 1 aliphatic carbocycles. The van der Waals surface area contributed by atoms with Crippen LogP contribution >= 0.6 is 11.3 Å². The number of carbonyl (C=O) groups excluding carboxylic acids is 3. The van der Waals surface area contributed by atoms with Crippen molar-refractivity contribution in [2.45, 2.75) is 25.5 Å². The molecule has 3 fully saturated rings. The van der Waals surface area contributed by atoms with Gasteiger partial charge in [0.25, 0.3) is 0 Å². The van der Waals surface area contributed by atoms with E-state index in [1.807, 2.05) is 34.4 Å². The molecule has 3 aliphatic rings. The molecule has 1 aromatic carbocycles. The Balaban J connectivity index is 1.17. The van der Waals surface area contributed by atoms with Crippen LogP contribution in [0.5, 0.6) is 0 Å². The summed E-state index contributed by atoms with van der Waals surface area (Å²) in [5, 5.41) is 4.60. The molecule has 2 aromatic rings. The molecule has 1 aromatic heterocycles. The van der Waals surface area contributed by atoms with E-state index >= 15 is 4.39 Å². The van der Waals surface area contributed by atoms with Gasteiger partial charge in [-0.05, 0) is 29.6 Å². The molecular weight excluding hydrogens is 459 g/mol. The number of fused-ring (bicyclic) bond motifs is 1. The average molecular weight is 487 g/mol. The highest BCUT2D eigenvalue weighted by atomic mass is 32.1. The first-order chi connectivity index (χ1) is 16.3. The number of hydrogen-bond donors (Lipinski definition) is 1. The van der Waals surface area contributed by atoms with E-state index in [1.54, 1.807) is 23.5 Å². The lowest BCUT2D eigenvalue weighted by molar-refractivity contribution is -0.130. The fourth-order valence-corrected chi connectivity index (χ4v) is 5.83. The van der Waals surface area contributed by atoms with Crippen LogP contribution in [0, 0.1) is 17.7 Å².